The number of fused-ring (bicyclic) bond motifs is 2. The van der Waals surface area contributed by atoms with Crippen LogP contribution in [-0.2, 0) is 0 Å². The molecule has 0 spiro atoms. The first kappa shape index (κ1) is 21.2. The van der Waals surface area contributed by atoms with Gasteiger partial charge < -0.3 is 20.1 Å². The number of imidazole rings is 2. The molecule has 1 unspecified atom stereocenters. The third-order valence-electron chi connectivity index (χ3n) is 6.32. The average molecular weight is 531 g/mol. The molecule has 0 aliphatic carbocycles. The van der Waals surface area contributed by atoms with Gasteiger partial charge in [0, 0.05) is 50.3 Å². The van der Waals surface area contributed by atoms with Gasteiger partial charge in [0.05, 0.1) is 29.1 Å². The summed E-state index contributed by atoms with van der Waals surface area (Å²) in [4.78, 5) is 34.1. The Morgan fingerprint density at radius 2 is 1.86 bits per heavy atom. The third kappa shape index (κ3) is 3.50. The molecule has 4 heterocycles. The van der Waals surface area contributed by atoms with Crippen molar-refractivity contribution in [3.05, 3.63) is 82.2 Å². The molecule has 10 heteroatoms. The van der Waals surface area contributed by atoms with Crippen LogP contribution in [0, 0.1) is 0 Å². The first-order valence-corrected chi connectivity index (χ1v) is 11.8. The summed E-state index contributed by atoms with van der Waals surface area (Å²) in [5, 5.41) is 11.5. The van der Waals surface area contributed by atoms with Gasteiger partial charge in [-0.05, 0) is 31.2 Å². The van der Waals surface area contributed by atoms with E-state index in [-0.39, 0.29) is 23.3 Å². The van der Waals surface area contributed by atoms with Crippen LogP contribution in [0.15, 0.2) is 59.5 Å². The van der Waals surface area contributed by atoms with Crippen molar-refractivity contribution >= 4 is 49.5 Å². The number of halogens is 1. The van der Waals surface area contributed by atoms with Gasteiger partial charge >= 0.3 is 5.95 Å². The van der Waals surface area contributed by atoms with Gasteiger partial charge in [-0.1, -0.05) is 22.0 Å². The molecule has 0 aliphatic rings. The van der Waals surface area contributed by atoms with Crippen molar-refractivity contribution < 1.29 is 14.9 Å². The zero-order valence-electron chi connectivity index (χ0n) is 18.5. The van der Waals surface area contributed by atoms with Crippen molar-refractivity contribution in [1.82, 2.24) is 24.9 Å². The lowest BCUT2D eigenvalue weighted by atomic mass is 9.99. The van der Waals surface area contributed by atoms with Gasteiger partial charge in [0.2, 0.25) is 5.78 Å². The van der Waals surface area contributed by atoms with Crippen LogP contribution in [0.2, 0.25) is 0 Å². The van der Waals surface area contributed by atoms with E-state index in [1.54, 1.807) is 24.4 Å². The van der Waals surface area contributed by atoms with Crippen LogP contribution in [0.5, 0.6) is 5.75 Å². The lowest BCUT2D eigenvalue weighted by molar-refractivity contribution is -0.358. The van der Waals surface area contributed by atoms with E-state index < -0.39 is 0 Å². The summed E-state index contributed by atoms with van der Waals surface area (Å²) in [5.74, 6) is 0.395. The van der Waals surface area contributed by atoms with E-state index >= 15 is 0 Å². The summed E-state index contributed by atoms with van der Waals surface area (Å²) in [6, 6.07) is 10.9. The number of anilines is 1. The molecule has 8 N–H and O–H groups in total. The highest BCUT2D eigenvalue weighted by atomic mass is 79.9. The van der Waals surface area contributed by atoms with Crippen LogP contribution in [0.3, 0.4) is 0 Å². The van der Waals surface area contributed by atoms with E-state index in [2.05, 4.69) is 40.8 Å². The van der Waals surface area contributed by atoms with Crippen molar-refractivity contribution in [2.24, 2.45) is 0 Å². The summed E-state index contributed by atoms with van der Waals surface area (Å²) in [6.07, 6.45) is 5.35. The molecule has 2 aromatic carbocycles. The predicted octanol–water partition coefficient (Wildman–Crippen LogP) is 4.61. The Morgan fingerprint density at radius 3 is 2.66 bits per heavy atom. The molecule has 1 atom stereocenters. The van der Waals surface area contributed by atoms with Gasteiger partial charge in [0.1, 0.15) is 11.4 Å². The number of hydrogen-bond donors (Lipinski definition) is 6. The summed E-state index contributed by atoms with van der Waals surface area (Å²) in [6.45, 7) is 2.02. The Labute approximate surface area is 206 Å². The molecule has 0 fully saturated rings. The monoisotopic (exact) mass is 530 g/mol. The smallest absolute Gasteiger partial charge is 0.350 e. The predicted molar refractivity (Wildman–Crippen MR) is 136 cm³/mol. The Hall–Kier alpha value is -4.31. The maximum atomic E-state index is 13.6. The van der Waals surface area contributed by atoms with Gasteiger partial charge in [-0.3, -0.25) is 10.5 Å². The molecule has 174 valence electrons. The molecule has 4 aromatic heterocycles. The van der Waals surface area contributed by atoms with Gasteiger partial charge in [0.25, 0.3) is 0 Å². The number of H-pyrrole nitrogens is 5. The number of nitrogens with one attached hydrogen (secondary N) is 5. The van der Waals surface area contributed by atoms with Crippen molar-refractivity contribution in [1.29, 1.82) is 0 Å². The van der Waals surface area contributed by atoms with Gasteiger partial charge in [-0.15, -0.1) is 0 Å². The molecule has 0 amide bonds. The molecule has 0 bridgehead atoms. The average Bonchev–Trinajstić information content (AvgIpc) is 3.62. The molecule has 0 radical (unpaired) electrons. The summed E-state index contributed by atoms with van der Waals surface area (Å²) >= 11 is 3.51. The first-order chi connectivity index (χ1) is 16.9. The van der Waals surface area contributed by atoms with Crippen LogP contribution in [0.25, 0.3) is 33.1 Å². The number of rotatable bonds is 5. The quantitative estimate of drug-likeness (QED) is 0.180. The topological polar surface area (TPSA) is 154 Å². The van der Waals surface area contributed by atoms with Gasteiger partial charge in [-0.2, -0.15) is 0 Å². The van der Waals surface area contributed by atoms with Gasteiger partial charge in [-0.25, -0.2) is 15.0 Å². The van der Waals surface area contributed by atoms with Crippen LogP contribution in [0.1, 0.15) is 40.4 Å². The highest BCUT2D eigenvalue weighted by Crippen LogP contribution is 2.36. The lowest BCUT2D eigenvalue weighted by Gasteiger charge is -2.08. The summed E-state index contributed by atoms with van der Waals surface area (Å²) < 4.78 is 0.965. The van der Waals surface area contributed by atoms with Crippen LogP contribution < -0.4 is 10.7 Å². The zero-order valence-corrected chi connectivity index (χ0v) is 20.1. The number of benzene rings is 2. The molecular weight excluding hydrogens is 510 g/mol. The normalized spacial score (nSPS) is 12.5. The number of aromatic nitrogens is 6. The third-order valence-corrected chi connectivity index (χ3v) is 6.81. The summed E-state index contributed by atoms with van der Waals surface area (Å²) in [5.41, 5.74) is 11.2. The minimum Gasteiger partial charge on any atom is -0.508 e. The van der Waals surface area contributed by atoms with Gasteiger partial charge in [0.15, 0.2) is 5.82 Å². The molecule has 0 aliphatic heterocycles. The maximum absolute atomic E-state index is 13.6. The molecule has 9 nitrogen and oxygen atoms in total. The molecule has 6 aromatic rings. The number of phenolic OH excluding ortho intramolecular Hbond substituents is 1. The van der Waals surface area contributed by atoms with Crippen molar-refractivity contribution in [2.75, 3.05) is 5.73 Å². The lowest BCUT2D eigenvalue weighted by Crippen LogP contribution is -2.04. The van der Waals surface area contributed by atoms with E-state index in [1.165, 1.54) is 0 Å². The molecule has 35 heavy (non-hydrogen) atoms. The molecule has 0 saturated heterocycles. The Balaban J connectivity index is 1.52. The highest BCUT2D eigenvalue weighted by molar-refractivity contribution is 9.10. The SMILES string of the molecule is CC(c1c[nH+]c(N)[nH]1)c1[nH]c(C(=O)c2c[nH]c3cc(O)ccc23)nc1-c1c[nH]c2cc(Br)ccc12. The molecule has 0 saturated carbocycles. The van der Waals surface area contributed by atoms with Crippen LogP contribution in [0.4, 0.5) is 5.95 Å². The maximum Gasteiger partial charge on any atom is 0.350 e. The highest BCUT2D eigenvalue weighted by Gasteiger charge is 2.27. The van der Waals surface area contributed by atoms with Crippen LogP contribution >= 0.6 is 15.9 Å². The number of carbonyl (C=O) groups is 1. The second-order valence-corrected chi connectivity index (χ2v) is 9.42. The number of aromatic hydroxyl groups is 1. The number of ketones is 1. The fraction of sp³-hybridized carbons (Fsp3) is 0.0800. The molecule has 6 rings (SSSR count). The number of nitrogens with two attached hydrogens (primary N) is 1. The minimum absolute atomic E-state index is 0.128. The van der Waals surface area contributed by atoms with Crippen molar-refractivity contribution in [2.45, 2.75) is 12.8 Å². The van der Waals surface area contributed by atoms with Crippen molar-refractivity contribution in [3.8, 4) is 17.0 Å². The number of aromatic amines is 5. The number of nitrogen functional groups attached to an aromatic ring is 1. The summed E-state index contributed by atoms with van der Waals surface area (Å²) in [7, 11) is 0. The van der Waals surface area contributed by atoms with Crippen molar-refractivity contribution in [3.63, 3.8) is 0 Å². The molecular formula is C25H21BrN7O2+. The second kappa shape index (κ2) is 7.88. The van der Waals surface area contributed by atoms with E-state index in [1.807, 2.05) is 37.5 Å². The number of hydrogen-bond acceptors (Lipinski definition) is 4. The first-order valence-electron chi connectivity index (χ1n) is 11.0. The standard InChI is InChI=1S/C25H20BrN7O2/c1-11(20-10-30-25(27)31-20)21-22(16-8-28-18-6-12(26)2-4-14(16)18)33-24(32-21)23(35)17-9-29-19-7-13(34)3-5-15(17)19/h2-11,28-29,34H,1H3,(H,32,33)(H3,27,30,31)/p+1. The zero-order chi connectivity index (χ0) is 24.3. The fourth-order valence-electron chi connectivity index (χ4n) is 4.51. The van der Waals surface area contributed by atoms with E-state index in [9.17, 15) is 9.90 Å². The number of carbonyl (C=O) groups excluding carboxylic acids is 1. The Kier molecular flexibility index (Phi) is 4.78. The minimum atomic E-state index is -0.248. The van der Waals surface area contributed by atoms with E-state index in [0.717, 1.165) is 32.3 Å². The number of phenols is 1. The second-order valence-electron chi connectivity index (χ2n) is 8.51. The number of nitrogens with zero attached hydrogens (tertiary/aromatic N) is 1. The van der Waals surface area contributed by atoms with E-state index in [4.69, 9.17) is 10.7 Å². The van der Waals surface area contributed by atoms with Crippen LogP contribution in [-0.4, -0.2) is 35.8 Å². The largest absolute Gasteiger partial charge is 0.508 e. The fourth-order valence-corrected chi connectivity index (χ4v) is 4.87. The Bertz CT molecular complexity index is 1740. The van der Waals surface area contributed by atoms with E-state index in [0.29, 0.717) is 28.1 Å². The Morgan fingerprint density at radius 1 is 1.09 bits per heavy atom.